The van der Waals surface area contributed by atoms with Crippen LogP contribution in [-0.2, 0) is 19.4 Å². The van der Waals surface area contributed by atoms with E-state index in [1.165, 1.54) is 27.9 Å². The Balaban J connectivity index is 1.39. The molecule has 6 nitrogen and oxygen atoms in total. The van der Waals surface area contributed by atoms with E-state index in [2.05, 4.69) is 10.1 Å². The first-order valence-electron chi connectivity index (χ1n) is 10.6. The smallest absolute Gasteiger partial charge is 0.282 e. The molecule has 0 aliphatic heterocycles. The Kier molecular flexibility index (Phi) is 5.73. The molecule has 2 heterocycles. The van der Waals surface area contributed by atoms with Crippen molar-refractivity contribution in [3.05, 3.63) is 86.8 Å². The summed E-state index contributed by atoms with van der Waals surface area (Å²) in [5.74, 6) is 1.26. The third-order valence-electron chi connectivity index (χ3n) is 5.62. The molecule has 0 radical (unpaired) electrons. The molecule has 0 saturated carbocycles. The summed E-state index contributed by atoms with van der Waals surface area (Å²) >= 11 is 1.64. The quantitative estimate of drug-likeness (QED) is 0.400. The lowest BCUT2D eigenvalue weighted by molar-refractivity contribution is 0.284. The molecular formula is C25H23N3O3S. The van der Waals surface area contributed by atoms with Crippen molar-refractivity contribution in [3.8, 4) is 11.5 Å². The van der Waals surface area contributed by atoms with Gasteiger partial charge in [-0.15, -0.1) is 11.3 Å². The topological polar surface area (TPSA) is 65.7 Å². The third kappa shape index (κ3) is 4.03. The van der Waals surface area contributed by atoms with Crippen LogP contribution in [0.5, 0.6) is 11.5 Å². The van der Waals surface area contributed by atoms with Crippen molar-refractivity contribution in [3.63, 3.8) is 0 Å². The number of nitrogens with zero attached hydrogens (tertiary/aromatic N) is 3. The van der Waals surface area contributed by atoms with E-state index < -0.39 is 0 Å². The highest BCUT2D eigenvalue weighted by molar-refractivity contribution is 7.18. The molecule has 1 aliphatic rings. The van der Waals surface area contributed by atoms with E-state index in [1.54, 1.807) is 24.7 Å². The van der Waals surface area contributed by atoms with E-state index in [0.717, 1.165) is 40.6 Å². The molecule has 0 fully saturated rings. The fourth-order valence-corrected chi connectivity index (χ4v) is 5.19. The Morgan fingerprint density at radius 1 is 1.12 bits per heavy atom. The van der Waals surface area contributed by atoms with Crippen LogP contribution in [0.15, 0.2) is 64.8 Å². The van der Waals surface area contributed by atoms with Crippen LogP contribution in [0.2, 0.25) is 0 Å². The lowest BCUT2D eigenvalue weighted by Gasteiger charge is -2.11. The maximum atomic E-state index is 13.1. The van der Waals surface area contributed by atoms with E-state index in [9.17, 15) is 4.79 Å². The molecule has 0 atom stereocenters. The number of aromatic nitrogens is 2. The Bertz CT molecular complexity index is 1340. The minimum atomic E-state index is -0.111. The molecule has 162 valence electrons. The molecule has 5 rings (SSSR count). The van der Waals surface area contributed by atoms with Gasteiger partial charge in [0.1, 0.15) is 17.8 Å². The molecule has 0 saturated heterocycles. The first-order chi connectivity index (χ1) is 15.7. The lowest BCUT2D eigenvalue weighted by atomic mass is 9.97. The number of aryl methyl sites for hydroxylation is 2. The summed E-state index contributed by atoms with van der Waals surface area (Å²) in [6, 6.07) is 15.5. The van der Waals surface area contributed by atoms with E-state index in [4.69, 9.17) is 9.47 Å². The van der Waals surface area contributed by atoms with Gasteiger partial charge in [0.15, 0.2) is 11.5 Å². The average Bonchev–Trinajstić information content (AvgIpc) is 3.22. The summed E-state index contributed by atoms with van der Waals surface area (Å²) in [4.78, 5) is 19.6. The molecule has 0 N–H and O–H groups in total. The number of ether oxygens (including phenoxy) is 2. The highest BCUT2D eigenvalue weighted by Crippen LogP contribution is 2.33. The van der Waals surface area contributed by atoms with Gasteiger partial charge in [-0.25, -0.2) is 4.98 Å². The van der Waals surface area contributed by atoms with Crippen molar-refractivity contribution >= 4 is 27.8 Å². The fraction of sp³-hybridized carbons (Fsp3) is 0.240. The maximum absolute atomic E-state index is 13.1. The zero-order valence-corrected chi connectivity index (χ0v) is 18.6. The van der Waals surface area contributed by atoms with Gasteiger partial charge in [-0.2, -0.15) is 9.78 Å². The zero-order valence-electron chi connectivity index (χ0n) is 17.8. The summed E-state index contributed by atoms with van der Waals surface area (Å²) in [6.45, 7) is 0.455. The van der Waals surface area contributed by atoms with E-state index >= 15 is 0 Å². The Morgan fingerprint density at radius 3 is 2.81 bits per heavy atom. The number of benzene rings is 2. The standard InChI is InChI=1S/C25H23N3O3S/c1-30-21-13-18(11-12-20(21)31-15-17-7-3-2-4-8-17)14-27-28-16-26-24-23(25(28)29)19-9-5-6-10-22(19)32-24/h2-4,7-8,11-14,16H,5-6,9-10,15H2,1H3/b27-14+. The largest absolute Gasteiger partial charge is 0.493 e. The molecule has 0 amide bonds. The van der Waals surface area contributed by atoms with Gasteiger partial charge in [-0.05, 0) is 60.6 Å². The van der Waals surface area contributed by atoms with Crippen molar-refractivity contribution in [2.75, 3.05) is 7.11 Å². The third-order valence-corrected chi connectivity index (χ3v) is 6.81. The maximum Gasteiger partial charge on any atom is 0.282 e. The predicted molar refractivity (Wildman–Crippen MR) is 127 cm³/mol. The number of thiophene rings is 1. The summed E-state index contributed by atoms with van der Waals surface area (Å²) in [6.07, 6.45) is 7.42. The van der Waals surface area contributed by atoms with Crippen molar-refractivity contribution in [2.24, 2.45) is 5.10 Å². The van der Waals surface area contributed by atoms with E-state index in [0.29, 0.717) is 18.1 Å². The molecule has 7 heteroatoms. The van der Waals surface area contributed by atoms with Gasteiger partial charge in [-0.1, -0.05) is 30.3 Å². The van der Waals surface area contributed by atoms with Gasteiger partial charge in [-0.3, -0.25) is 4.79 Å². The highest BCUT2D eigenvalue weighted by Gasteiger charge is 2.19. The monoisotopic (exact) mass is 445 g/mol. The van der Waals surface area contributed by atoms with Gasteiger partial charge < -0.3 is 9.47 Å². The molecule has 2 aromatic carbocycles. The Morgan fingerprint density at radius 2 is 1.97 bits per heavy atom. The van der Waals surface area contributed by atoms with Crippen molar-refractivity contribution < 1.29 is 9.47 Å². The average molecular weight is 446 g/mol. The lowest BCUT2D eigenvalue weighted by Crippen LogP contribution is -2.18. The second-order valence-electron chi connectivity index (χ2n) is 7.71. The molecule has 32 heavy (non-hydrogen) atoms. The minimum absolute atomic E-state index is 0.111. The summed E-state index contributed by atoms with van der Waals surface area (Å²) in [5, 5.41) is 5.11. The zero-order chi connectivity index (χ0) is 21.9. The van der Waals surface area contributed by atoms with Crippen LogP contribution in [0, 0.1) is 0 Å². The van der Waals surface area contributed by atoms with E-state index in [1.807, 2.05) is 48.5 Å². The Hall–Kier alpha value is -3.45. The van der Waals surface area contributed by atoms with Crippen LogP contribution in [0.1, 0.15) is 34.4 Å². The van der Waals surface area contributed by atoms with E-state index in [-0.39, 0.29) is 5.56 Å². The highest BCUT2D eigenvalue weighted by atomic mass is 32.1. The Labute approximate surface area is 189 Å². The summed E-state index contributed by atoms with van der Waals surface area (Å²) < 4.78 is 12.7. The van der Waals surface area contributed by atoms with Crippen LogP contribution < -0.4 is 15.0 Å². The van der Waals surface area contributed by atoms with Crippen LogP contribution in [0.25, 0.3) is 10.2 Å². The molecule has 0 bridgehead atoms. The van der Waals surface area contributed by atoms with Crippen LogP contribution >= 0.6 is 11.3 Å². The van der Waals surface area contributed by atoms with Gasteiger partial charge in [0, 0.05) is 4.88 Å². The first-order valence-corrected chi connectivity index (χ1v) is 11.5. The fourth-order valence-electron chi connectivity index (χ4n) is 3.97. The molecular weight excluding hydrogens is 422 g/mol. The molecule has 1 aliphatic carbocycles. The molecule has 0 unspecified atom stereocenters. The van der Waals surface area contributed by atoms with Crippen molar-refractivity contribution in [2.45, 2.75) is 32.3 Å². The molecule has 0 spiro atoms. The number of methoxy groups -OCH3 is 1. The molecule has 4 aromatic rings. The van der Waals surface area contributed by atoms with Gasteiger partial charge in [0.25, 0.3) is 5.56 Å². The summed E-state index contributed by atoms with van der Waals surface area (Å²) in [5.41, 5.74) is 2.94. The van der Waals surface area contributed by atoms with Gasteiger partial charge in [0.2, 0.25) is 0 Å². The first kappa shape index (κ1) is 20.5. The number of hydrogen-bond donors (Lipinski definition) is 0. The van der Waals surface area contributed by atoms with Crippen molar-refractivity contribution in [1.29, 1.82) is 0 Å². The van der Waals surface area contributed by atoms with Gasteiger partial charge in [0.05, 0.1) is 18.7 Å². The number of hydrogen-bond acceptors (Lipinski definition) is 6. The SMILES string of the molecule is COc1cc(/C=N/n2cnc3sc4c(c3c2=O)CCCC4)ccc1OCc1ccccc1. The second-order valence-corrected chi connectivity index (χ2v) is 8.80. The van der Waals surface area contributed by atoms with Crippen molar-refractivity contribution in [1.82, 2.24) is 9.66 Å². The van der Waals surface area contributed by atoms with Crippen LogP contribution in [0.4, 0.5) is 0 Å². The normalized spacial score (nSPS) is 13.4. The number of rotatable bonds is 6. The van der Waals surface area contributed by atoms with Gasteiger partial charge >= 0.3 is 0 Å². The molecule has 2 aromatic heterocycles. The van der Waals surface area contributed by atoms with Crippen LogP contribution in [-0.4, -0.2) is 23.0 Å². The van der Waals surface area contributed by atoms with Crippen LogP contribution in [0.3, 0.4) is 0 Å². The summed E-state index contributed by atoms with van der Waals surface area (Å²) in [7, 11) is 1.60. The second kappa shape index (κ2) is 8.96. The predicted octanol–water partition coefficient (Wildman–Crippen LogP) is 4.81. The number of fused-ring (bicyclic) bond motifs is 3. The minimum Gasteiger partial charge on any atom is -0.493 e.